The number of hydrogen-bond acceptors (Lipinski definition) is 6. The summed E-state index contributed by atoms with van der Waals surface area (Å²) >= 11 is 6.23. The van der Waals surface area contributed by atoms with Crippen LogP contribution < -0.4 is 19.1 Å². The number of anilines is 2. The number of methoxy groups -OCH3 is 2. The quantitative estimate of drug-likeness (QED) is 0.770. The Balaban J connectivity index is 1.90. The number of ether oxygens (including phenoxy) is 2. The predicted octanol–water partition coefficient (Wildman–Crippen LogP) is 2.92. The van der Waals surface area contributed by atoms with E-state index in [4.69, 9.17) is 21.1 Å². The van der Waals surface area contributed by atoms with Crippen LogP contribution in [0.2, 0.25) is 5.02 Å². The molecule has 0 radical (unpaired) electrons. The van der Waals surface area contributed by atoms with Crippen molar-refractivity contribution in [1.29, 1.82) is 0 Å². The minimum absolute atomic E-state index is 0.00409. The van der Waals surface area contributed by atoms with Crippen molar-refractivity contribution in [3.05, 3.63) is 47.0 Å². The standard InChI is InChI=1S/C19H19ClN2O6S/c1-11-10-29(25,26)22(19(11)24)12-4-6-14(15(20)8-12)18(23)21-16-9-13(27-2)5-7-17(16)28-3/h4-9,11H,10H2,1-3H3,(H,21,23). The van der Waals surface area contributed by atoms with Crippen molar-refractivity contribution in [2.24, 2.45) is 5.92 Å². The number of rotatable bonds is 5. The molecular formula is C19H19ClN2O6S. The number of amides is 2. The summed E-state index contributed by atoms with van der Waals surface area (Å²) < 4.78 is 35.6. The van der Waals surface area contributed by atoms with E-state index in [1.54, 1.807) is 25.1 Å². The number of carbonyl (C=O) groups is 2. The Bertz CT molecular complexity index is 1090. The Morgan fingerprint density at radius 2 is 1.90 bits per heavy atom. The molecule has 29 heavy (non-hydrogen) atoms. The molecule has 1 N–H and O–H groups in total. The van der Waals surface area contributed by atoms with Gasteiger partial charge < -0.3 is 14.8 Å². The van der Waals surface area contributed by atoms with Crippen molar-refractivity contribution in [1.82, 2.24) is 0 Å². The van der Waals surface area contributed by atoms with E-state index in [1.807, 2.05) is 0 Å². The van der Waals surface area contributed by atoms with Gasteiger partial charge in [-0.15, -0.1) is 0 Å². The van der Waals surface area contributed by atoms with Crippen LogP contribution in [-0.4, -0.2) is 40.2 Å². The van der Waals surface area contributed by atoms with Crippen LogP contribution in [0.25, 0.3) is 0 Å². The van der Waals surface area contributed by atoms with Gasteiger partial charge in [-0.25, -0.2) is 12.7 Å². The zero-order valence-electron chi connectivity index (χ0n) is 15.9. The second kappa shape index (κ2) is 7.92. The normalized spacial score (nSPS) is 17.9. The third-order valence-corrected chi connectivity index (χ3v) is 6.63. The van der Waals surface area contributed by atoms with Gasteiger partial charge in [-0.2, -0.15) is 0 Å². The molecule has 10 heteroatoms. The van der Waals surface area contributed by atoms with Crippen LogP contribution in [0.1, 0.15) is 17.3 Å². The van der Waals surface area contributed by atoms with Crippen LogP contribution in [0.4, 0.5) is 11.4 Å². The molecule has 1 atom stereocenters. The molecule has 154 valence electrons. The van der Waals surface area contributed by atoms with Crippen LogP contribution in [0.15, 0.2) is 36.4 Å². The summed E-state index contributed by atoms with van der Waals surface area (Å²) in [6.07, 6.45) is 0. The zero-order chi connectivity index (χ0) is 21.3. The van der Waals surface area contributed by atoms with Gasteiger partial charge >= 0.3 is 0 Å². The Kier molecular flexibility index (Phi) is 5.72. The molecule has 0 aliphatic carbocycles. The topological polar surface area (TPSA) is 102 Å². The first-order valence-corrected chi connectivity index (χ1v) is 10.6. The van der Waals surface area contributed by atoms with E-state index in [-0.39, 0.29) is 22.0 Å². The van der Waals surface area contributed by atoms with E-state index in [2.05, 4.69) is 5.32 Å². The van der Waals surface area contributed by atoms with Crippen molar-refractivity contribution in [2.45, 2.75) is 6.92 Å². The molecule has 2 aromatic carbocycles. The Hall–Kier alpha value is -2.78. The maximum Gasteiger partial charge on any atom is 0.257 e. The van der Waals surface area contributed by atoms with Gasteiger partial charge in [0.05, 0.1) is 47.9 Å². The molecule has 1 aliphatic rings. The molecule has 0 spiro atoms. The minimum atomic E-state index is -3.76. The van der Waals surface area contributed by atoms with Crippen molar-refractivity contribution >= 4 is 44.8 Å². The lowest BCUT2D eigenvalue weighted by molar-refractivity contribution is -0.119. The maximum absolute atomic E-state index is 12.7. The number of nitrogens with one attached hydrogen (secondary N) is 1. The lowest BCUT2D eigenvalue weighted by atomic mass is 10.1. The smallest absolute Gasteiger partial charge is 0.257 e. The monoisotopic (exact) mass is 438 g/mol. The van der Waals surface area contributed by atoms with Crippen molar-refractivity contribution < 1.29 is 27.5 Å². The Morgan fingerprint density at radius 1 is 1.17 bits per heavy atom. The van der Waals surface area contributed by atoms with E-state index in [0.717, 1.165) is 4.31 Å². The van der Waals surface area contributed by atoms with Gasteiger partial charge in [0.1, 0.15) is 11.5 Å². The zero-order valence-corrected chi connectivity index (χ0v) is 17.5. The summed E-state index contributed by atoms with van der Waals surface area (Å²) in [4.78, 5) is 24.9. The van der Waals surface area contributed by atoms with Crippen LogP contribution in [0, 0.1) is 5.92 Å². The van der Waals surface area contributed by atoms with Gasteiger partial charge in [0.25, 0.3) is 5.91 Å². The lowest BCUT2D eigenvalue weighted by Gasteiger charge is -2.17. The van der Waals surface area contributed by atoms with Crippen molar-refractivity contribution in [3.8, 4) is 11.5 Å². The number of nitrogens with zero attached hydrogens (tertiary/aromatic N) is 1. The molecule has 1 aliphatic heterocycles. The molecule has 1 heterocycles. The largest absolute Gasteiger partial charge is 0.497 e. The third-order valence-electron chi connectivity index (χ3n) is 4.45. The SMILES string of the molecule is COc1ccc(OC)c(NC(=O)c2ccc(N3C(=O)C(C)CS3(=O)=O)cc2Cl)c1. The minimum Gasteiger partial charge on any atom is -0.497 e. The van der Waals surface area contributed by atoms with E-state index in [0.29, 0.717) is 17.2 Å². The summed E-state index contributed by atoms with van der Waals surface area (Å²) in [5, 5.41) is 2.69. The highest BCUT2D eigenvalue weighted by Gasteiger charge is 2.42. The second-order valence-corrected chi connectivity index (χ2v) is 8.74. The van der Waals surface area contributed by atoms with Crippen LogP contribution in [0.5, 0.6) is 11.5 Å². The van der Waals surface area contributed by atoms with E-state index >= 15 is 0 Å². The summed E-state index contributed by atoms with van der Waals surface area (Å²) in [5.41, 5.74) is 0.584. The van der Waals surface area contributed by atoms with Crippen LogP contribution in [0.3, 0.4) is 0 Å². The van der Waals surface area contributed by atoms with Gasteiger partial charge in [-0.1, -0.05) is 18.5 Å². The molecule has 0 aromatic heterocycles. The average Bonchev–Trinajstić information content (AvgIpc) is 2.88. The van der Waals surface area contributed by atoms with Gasteiger partial charge in [-0.05, 0) is 30.3 Å². The highest BCUT2D eigenvalue weighted by Crippen LogP contribution is 2.33. The first-order chi connectivity index (χ1) is 13.7. The number of halogens is 1. The van der Waals surface area contributed by atoms with Gasteiger partial charge in [0.15, 0.2) is 0 Å². The molecule has 1 unspecified atom stereocenters. The summed E-state index contributed by atoms with van der Waals surface area (Å²) in [5.74, 6) is -1.01. The van der Waals surface area contributed by atoms with Gasteiger partial charge in [0, 0.05) is 6.07 Å². The van der Waals surface area contributed by atoms with E-state index in [9.17, 15) is 18.0 Å². The highest BCUT2D eigenvalue weighted by molar-refractivity contribution is 7.94. The van der Waals surface area contributed by atoms with E-state index in [1.165, 1.54) is 32.4 Å². The first-order valence-electron chi connectivity index (χ1n) is 8.57. The Labute approximate surface area is 173 Å². The molecule has 3 rings (SSSR count). The van der Waals surface area contributed by atoms with Crippen LogP contribution in [-0.2, 0) is 14.8 Å². The average molecular weight is 439 g/mol. The molecule has 1 fully saturated rings. The molecule has 1 saturated heterocycles. The first kappa shape index (κ1) is 20.9. The maximum atomic E-state index is 12.7. The number of benzene rings is 2. The molecule has 0 saturated carbocycles. The fourth-order valence-corrected chi connectivity index (χ4v) is 5.08. The Morgan fingerprint density at radius 3 is 2.45 bits per heavy atom. The third kappa shape index (κ3) is 4.01. The number of carbonyl (C=O) groups excluding carboxylic acids is 2. The van der Waals surface area contributed by atoms with Crippen LogP contribution >= 0.6 is 11.6 Å². The summed E-state index contributed by atoms with van der Waals surface area (Å²) in [6, 6.07) is 8.94. The molecule has 0 bridgehead atoms. The molecule has 8 nitrogen and oxygen atoms in total. The molecule has 2 amide bonds. The highest BCUT2D eigenvalue weighted by atomic mass is 35.5. The van der Waals surface area contributed by atoms with Gasteiger partial charge in [0.2, 0.25) is 15.9 Å². The predicted molar refractivity (Wildman–Crippen MR) is 109 cm³/mol. The van der Waals surface area contributed by atoms with Crippen molar-refractivity contribution in [2.75, 3.05) is 29.6 Å². The fourth-order valence-electron chi connectivity index (χ4n) is 3.00. The van der Waals surface area contributed by atoms with E-state index < -0.39 is 27.8 Å². The van der Waals surface area contributed by atoms with Gasteiger partial charge in [-0.3, -0.25) is 9.59 Å². The number of sulfonamides is 1. The summed E-state index contributed by atoms with van der Waals surface area (Å²) in [7, 11) is -0.796. The molecular weight excluding hydrogens is 420 g/mol. The second-order valence-electron chi connectivity index (χ2n) is 6.47. The summed E-state index contributed by atoms with van der Waals surface area (Å²) in [6.45, 7) is 1.55. The molecule has 2 aromatic rings. The lowest BCUT2D eigenvalue weighted by Crippen LogP contribution is -2.30. The van der Waals surface area contributed by atoms with Crippen molar-refractivity contribution in [3.63, 3.8) is 0 Å². The fraction of sp³-hybridized carbons (Fsp3) is 0.263. The number of hydrogen-bond donors (Lipinski definition) is 1.